The third-order valence-corrected chi connectivity index (χ3v) is 4.42. The number of nitriles is 1. The van der Waals surface area contributed by atoms with Gasteiger partial charge in [-0.3, -0.25) is 4.90 Å². The van der Waals surface area contributed by atoms with Gasteiger partial charge < -0.3 is 14.4 Å². The van der Waals surface area contributed by atoms with Crippen molar-refractivity contribution < 1.29 is 9.47 Å². The zero-order chi connectivity index (χ0) is 17.7. The van der Waals surface area contributed by atoms with Crippen LogP contribution < -0.4 is 9.47 Å². The van der Waals surface area contributed by atoms with Gasteiger partial charge in [0.25, 0.3) is 0 Å². The Morgan fingerprint density at radius 2 is 2.04 bits per heavy atom. The molecule has 2 unspecified atom stereocenters. The zero-order valence-corrected chi connectivity index (χ0v) is 15.5. The van der Waals surface area contributed by atoms with Crippen LogP contribution in [-0.2, 0) is 0 Å². The van der Waals surface area contributed by atoms with Gasteiger partial charge in [-0.15, -0.1) is 0 Å². The second-order valence-electron chi connectivity index (χ2n) is 6.66. The van der Waals surface area contributed by atoms with Gasteiger partial charge in [0.05, 0.1) is 18.8 Å². The van der Waals surface area contributed by atoms with Crippen LogP contribution in [0.4, 0.5) is 0 Å². The predicted octanol–water partition coefficient (Wildman–Crippen LogP) is 3.07. The highest BCUT2D eigenvalue weighted by Gasteiger charge is 2.28. The minimum atomic E-state index is -0.256. The van der Waals surface area contributed by atoms with E-state index in [0.717, 1.165) is 30.9 Å². The number of likely N-dealkylation sites (N-methyl/N-ethyl adjacent to an activating group) is 1. The van der Waals surface area contributed by atoms with Crippen molar-refractivity contribution in [1.82, 2.24) is 9.80 Å². The van der Waals surface area contributed by atoms with Crippen molar-refractivity contribution >= 4 is 0 Å². The summed E-state index contributed by atoms with van der Waals surface area (Å²) in [5, 5.41) is 9.74. The summed E-state index contributed by atoms with van der Waals surface area (Å²) < 4.78 is 11.6. The summed E-state index contributed by atoms with van der Waals surface area (Å²) in [5.74, 6) is 1.45. The van der Waals surface area contributed by atoms with E-state index in [4.69, 9.17) is 9.47 Å². The predicted molar refractivity (Wildman–Crippen MR) is 95.4 cm³/mol. The maximum Gasteiger partial charge on any atom is 0.161 e. The summed E-state index contributed by atoms with van der Waals surface area (Å²) in [7, 11) is 2.13. The number of piperazine rings is 1. The van der Waals surface area contributed by atoms with Crippen LogP contribution in [0.1, 0.15) is 39.3 Å². The van der Waals surface area contributed by atoms with Gasteiger partial charge >= 0.3 is 0 Å². The van der Waals surface area contributed by atoms with E-state index >= 15 is 0 Å². The quantitative estimate of drug-likeness (QED) is 0.802. The Balaban J connectivity index is 2.25. The fourth-order valence-corrected chi connectivity index (χ4v) is 2.99. The molecule has 5 nitrogen and oxygen atoms in total. The molecule has 1 aromatic rings. The van der Waals surface area contributed by atoms with Crippen molar-refractivity contribution in [3.63, 3.8) is 0 Å². The van der Waals surface area contributed by atoms with Crippen LogP contribution in [0, 0.1) is 11.3 Å². The minimum absolute atomic E-state index is 0.0836. The number of hydrogen-bond acceptors (Lipinski definition) is 5. The summed E-state index contributed by atoms with van der Waals surface area (Å²) in [6, 6.07) is 8.52. The molecular weight excluding hydrogens is 302 g/mol. The van der Waals surface area contributed by atoms with E-state index in [1.807, 2.05) is 39.0 Å². The van der Waals surface area contributed by atoms with Crippen molar-refractivity contribution in [1.29, 1.82) is 5.26 Å². The molecule has 1 aliphatic rings. The van der Waals surface area contributed by atoms with Crippen LogP contribution in [0.15, 0.2) is 18.2 Å². The molecule has 1 saturated heterocycles. The summed E-state index contributed by atoms with van der Waals surface area (Å²) in [6.07, 6.45) is 0.0836. The van der Waals surface area contributed by atoms with Crippen molar-refractivity contribution in [2.24, 2.45) is 0 Å². The molecule has 0 saturated carbocycles. The summed E-state index contributed by atoms with van der Waals surface area (Å²) in [6.45, 7) is 11.5. The molecule has 0 spiro atoms. The molecule has 0 bridgehead atoms. The lowest BCUT2D eigenvalue weighted by Gasteiger charge is -2.39. The van der Waals surface area contributed by atoms with Gasteiger partial charge in [-0.2, -0.15) is 5.26 Å². The largest absolute Gasteiger partial charge is 0.490 e. The van der Waals surface area contributed by atoms with E-state index in [1.54, 1.807) is 0 Å². The molecule has 1 fully saturated rings. The first-order valence-electron chi connectivity index (χ1n) is 8.73. The van der Waals surface area contributed by atoms with E-state index in [9.17, 15) is 5.26 Å². The molecule has 1 aromatic carbocycles. The number of ether oxygens (including phenoxy) is 2. The number of rotatable bonds is 6. The Hall–Kier alpha value is -1.77. The monoisotopic (exact) mass is 331 g/mol. The molecule has 0 radical (unpaired) electrons. The molecule has 1 heterocycles. The van der Waals surface area contributed by atoms with Crippen LogP contribution in [0.25, 0.3) is 0 Å². The van der Waals surface area contributed by atoms with E-state index < -0.39 is 0 Å². The van der Waals surface area contributed by atoms with E-state index in [1.165, 1.54) is 0 Å². The molecule has 0 amide bonds. The average Bonchev–Trinajstić information content (AvgIpc) is 2.53. The maximum absolute atomic E-state index is 9.74. The van der Waals surface area contributed by atoms with E-state index in [2.05, 4.69) is 29.8 Å². The van der Waals surface area contributed by atoms with Gasteiger partial charge in [-0.05, 0) is 52.4 Å². The second kappa shape index (κ2) is 8.36. The molecule has 132 valence electrons. The van der Waals surface area contributed by atoms with E-state index in [-0.39, 0.29) is 12.1 Å². The molecule has 24 heavy (non-hydrogen) atoms. The first-order chi connectivity index (χ1) is 11.5. The molecular formula is C19H29N3O2. The SMILES string of the molecule is CCOc1cc(C(C#N)N2CCN(C)C(C)C2)ccc1OC(C)C. The lowest BCUT2D eigenvalue weighted by Crippen LogP contribution is -2.50. The van der Waals surface area contributed by atoms with Crippen LogP contribution in [0.3, 0.4) is 0 Å². The topological polar surface area (TPSA) is 48.7 Å². The number of hydrogen-bond donors (Lipinski definition) is 0. The average molecular weight is 331 g/mol. The van der Waals surface area contributed by atoms with Gasteiger partial charge in [-0.25, -0.2) is 0 Å². The van der Waals surface area contributed by atoms with Crippen molar-refractivity contribution in [2.45, 2.75) is 45.9 Å². The molecule has 2 rings (SSSR count). The maximum atomic E-state index is 9.74. The third-order valence-electron chi connectivity index (χ3n) is 4.42. The minimum Gasteiger partial charge on any atom is -0.490 e. The van der Waals surface area contributed by atoms with Crippen molar-refractivity contribution in [3.8, 4) is 17.6 Å². The van der Waals surface area contributed by atoms with Crippen molar-refractivity contribution in [2.75, 3.05) is 33.3 Å². The number of nitrogens with zero attached hydrogens (tertiary/aromatic N) is 3. The summed E-state index contributed by atoms with van der Waals surface area (Å²) >= 11 is 0. The standard InChI is InChI=1S/C19H29N3O2/c1-6-23-19-11-16(7-8-18(19)24-14(2)3)17(12-20)22-10-9-21(5)15(4)13-22/h7-8,11,14-15,17H,6,9-10,13H2,1-5H3. The normalized spacial score (nSPS) is 20.6. The Labute approximate surface area is 145 Å². The summed E-state index contributed by atoms with van der Waals surface area (Å²) in [5.41, 5.74) is 0.966. The van der Waals surface area contributed by atoms with E-state index in [0.29, 0.717) is 18.4 Å². The molecule has 0 aliphatic carbocycles. The molecule has 2 atom stereocenters. The Morgan fingerprint density at radius 3 is 2.62 bits per heavy atom. The third kappa shape index (κ3) is 4.40. The van der Waals surface area contributed by atoms with Crippen LogP contribution >= 0.6 is 0 Å². The van der Waals surface area contributed by atoms with Gasteiger partial charge in [-0.1, -0.05) is 6.07 Å². The Kier molecular flexibility index (Phi) is 6.47. The van der Waals surface area contributed by atoms with Gasteiger partial charge in [0.1, 0.15) is 6.04 Å². The van der Waals surface area contributed by atoms with Crippen LogP contribution in [0.2, 0.25) is 0 Å². The first-order valence-corrected chi connectivity index (χ1v) is 8.73. The second-order valence-corrected chi connectivity index (χ2v) is 6.66. The highest BCUT2D eigenvalue weighted by atomic mass is 16.5. The lowest BCUT2D eigenvalue weighted by molar-refractivity contribution is 0.0880. The van der Waals surface area contributed by atoms with Gasteiger partial charge in [0.2, 0.25) is 0 Å². The van der Waals surface area contributed by atoms with Crippen molar-refractivity contribution in [3.05, 3.63) is 23.8 Å². The lowest BCUT2D eigenvalue weighted by atomic mass is 10.0. The highest BCUT2D eigenvalue weighted by Crippen LogP contribution is 2.33. The highest BCUT2D eigenvalue weighted by molar-refractivity contribution is 5.45. The zero-order valence-electron chi connectivity index (χ0n) is 15.5. The Morgan fingerprint density at radius 1 is 1.29 bits per heavy atom. The fourth-order valence-electron chi connectivity index (χ4n) is 2.99. The Bertz CT molecular complexity index is 582. The van der Waals surface area contributed by atoms with Crippen LogP contribution in [0.5, 0.6) is 11.5 Å². The number of benzene rings is 1. The van der Waals surface area contributed by atoms with Crippen LogP contribution in [-0.4, -0.2) is 55.2 Å². The van der Waals surface area contributed by atoms with Gasteiger partial charge in [0.15, 0.2) is 11.5 Å². The fraction of sp³-hybridized carbons (Fsp3) is 0.632. The molecule has 0 N–H and O–H groups in total. The molecule has 5 heteroatoms. The van der Waals surface area contributed by atoms with Gasteiger partial charge in [0, 0.05) is 25.7 Å². The smallest absolute Gasteiger partial charge is 0.161 e. The summed E-state index contributed by atoms with van der Waals surface area (Å²) in [4.78, 5) is 4.58. The molecule has 1 aliphatic heterocycles. The molecule has 0 aromatic heterocycles. The first kappa shape index (κ1) is 18.6.